The van der Waals surface area contributed by atoms with Gasteiger partial charge in [-0.3, -0.25) is 14.5 Å². The maximum Gasteiger partial charge on any atom is 0.251 e. The molecule has 0 aromatic carbocycles. The van der Waals surface area contributed by atoms with Crippen LogP contribution >= 0.6 is 0 Å². The fraction of sp³-hybridized carbons (Fsp3) is 0.364. The molecule has 1 atom stereocenters. The highest BCUT2D eigenvalue weighted by atomic mass is 16.2. The second-order valence-electron chi connectivity index (χ2n) is 3.89. The maximum atomic E-state index is 11.9. The largest absolute Gasteiger partial charge is 0.356 e. The molecule has 2 heterocycles. The van der Waals surface area contributed by atoms with E-state index in [2.05, 4.69) is 15.3 Å². The number of imide groups is 1. The molecule has 7 heteroatoms. The van der Waals surface area contributed by atoms with Crippen molar-refractivity contribution in [1.29, 1.82) is 5.26 Å². The Balaban J connectivity index is 2.17. The first-order valence-corrected chi connectivity index (χ1v) is 5.41. The highest BCUT2D eigenvalue weighted by Gasteiger charge is 2.32. The Labute approximate surface area is 103 Å². The number of likely N-dealkylation sites (N-methyl/N-ethyl adjacent to an activating group) is 1. The lowest BCUT2D eigenvalue weighted by molar-refractivity contribution is -0.146. The molecular formula is C11H11N5O2. The van der Waals surface area contributed by atoms with Gasteiger partial charge in [-0.05, 0) is 6.42 Å². The van der Waals surface area contributed by atoms with E-state index in [1.165, 1.54) is 19.4 Å². The number of likely N-dealkylation sites (tertiary alicyclic amines) is 1. The van der Waals surface area contributed by atoms with Crippen molar-refractivity contribution in [2.45, 2.75) is 18.9 Å². The molecule has 0 saturated carbocycles. The molecule has 1 fully saturated rings. The Morgan fingerprint density at radius 1 is 1.44 bits per heavy atom. The van der Waals surface area contributed by atoms with Crippen LogP contribution in [-0.2, 0) is 9.59 Å². The van der Waals surface area contributed by atoms with Gasteiger partial charge in [0, 0.05) is 25.9 Å². The van der Waals surface area contributed by atoms with E-state index in [0.29, 0.717) is 12.8 Å². The molecule has 0 bridgehead atoms. The summed E-state index contributed by atoms with van der Waals surface area (Å²) in [5.74, 6) is -0.250. The van der Waals surface area contributed by atoms with Crippen LogP contribution in [0.3, 0.4) is 0 Å². The Hall–Kier alpha value is -2.49. The second kappa shape index (κ2) is 4.79. The quantitative estimate of drug-likeness (QED) is 0.731. The fourth-order valence-electron chi connectivity index (χ4n) is 1.74. The van der Waals surface area contributed by atoms with Gasteiger partial charge < -0.3 is 5.32 Å². The summed E-state index contributed by atoms with van der Waals surface area (Å²) >= 11 is 0. The average molecular weight is 245 g/mol. The first-order chi connectivity index (χ1) is 8.63. The molecule has 1 aromatic heterocycles. The number of hydrogen-bond donors (Lipinski definition) is 1. The Kier molecular flexibility index (Phi) is 3.19. The van der Waals surface area contributed by atoms with E-state index >= 15 is 0 Å². The van der Waals surface area contributed by atoms with Gasteiger partial charge in [-0.25, -0.2) is 9.97 Å². The summed E-state index contributed by atoms with van der Waals surface area (Å²) in [6.07, 6.45) is 3.53. The number of hydrogen-bond acceptors (Lipinski definition) is 6. The van der Waals surface area contributed by atoms with Crippen molar-refractivity contribution in [2.75, 3.05) is 12.4 Å². The lowest BCUT2D eigenvalue weighted by Gasteiger charge is -2.28. The van der Waals surface area contributed by atoms with Gasteiger partial charge in [0.15, 0.2) is 11.5 Å². The molecular weight excluding hydrogens is 234 g/mol. The molecule has 1 N–H and O–H groups in total. The van der Waals surface area contributed by atoms with Crippen molar-refractivity contribution >= 4 is 17.6 Å². The molecule has 0 aliphatic carbocycles. The number of nitriles is 1. The minimum atomic E-state index is -0.545. The number of carbonyl (C=O) groups is 2. The first-order valence-electron chi connectivity index (χ1n) is 5.41. The first kappa shape index (κ1) is 12.0. The van der Waals surface area contributed by atoms with Crippen molar-refractivity contribution in [1.82, 2.24) is 14.9 Å². The monoisotopic (exact) mass is 245 g/mol. The molecule has 1 unspecified atom stereocenters. The summed E-state index contributed by atoms with van der Waals surface area (Å²) in [7, 11) is 1.44. The number of rotatable bonds is 2. The third kappa shape index (κ3) is 2.13. The molecule has 0 radical (unpaired) electrons. The van der Waals surface area contributed by atoms with Gasteiger partial charge in [-0.1, -0.05) is 0 Å². The lowest BCUT2D eigenvalue weighted by Crippen LogP contribution is -2.48. The van der Waals surface area contributed by atoms with Crippen molar-refractivity contribution in [3.8, 4) is 6.07 Å². The summed E-state index contributed by atoms with van der Waals surface area (Å²) in [4.78, 5) is 32.1. The van der Waals surface area contributed by atoms with Gasteiger partial charge >= 0.3 is 0 Å². The fourth-order valence-corrected chi connectivity index (χ4v) is 1.74. The molecule has 1 saturated heterocycles. The molecule has 2 amide bonds. The molecule has 1 aliphatic rings. The molecule has 0 spiro atoms. The zero-order valence-corrected chi connectivity index (χ0v) is 9.75. The van der Waals surface area contributed by atoms with Gasteiger partial charge in [-0.2, -0.15) is 5.26 Å². The molecule has 18 heavy (non-hydrogen) atoms. The highest BCUT2D eigenvalue weighted by Crippen LogP contribution is 2.17. The van der Waals surface area contributed by atoms with Gasteiger partial charge in [0.05, 0.1) is 0 Å². The predicted octanol–water partition coefficient (Wildman–Crippen LogP) is -0.0924. The number of amides is 2. The number of carbonyl (C=O) groups excluding carboxylic acids is 2. The SMILES string of the molecule is CN1C(=O)CCC(Nc2nccnc2C#N)C1=O. The van der Waals surface area contributed by atoms with Crippen LogP contribution in [0.15, 0.2) is 12.4 Å². The van der Waals surface area contributed by atoms with E-state index in [9.17, 15) is 9.59 Å². The zero-order valence-electron chi connectivity index (χ0n) is 9.75. The smallest absolute Gasteiger partial charge is 0.251 e. The zero-order chi connectivity index (χ0) is 13.1. The van der Waals surface area contributed by atoms with E-state index in [0.717, 1.165) is 4.90 Å². The van der Waals surface area contributed by atoms with Crippen LogP contribution in [0.2, 0.25) is 0 Å². The second-order valence-corrected chi connectivity index (χ2v) is 3.89. The van der Waals surface area contributed by atoms with Crippen LogP contribution in [0.5, 0.6) is 0 Å². The molecule has 1 aromatic rings. The summed E-state index contributed by atoms with van der Waals surface area (Å²) in [6.45, 7) is 0. The topological polar surface area (TPSA) is 99.0 Å². The summed E-state index contributed by atoms with van der Waals surface area (Å²) in [6, 6.07) is 1.35. The maximum absolute atomic E-state index is 11.9. The minimum Gasteiger partial charge on any atom is -0.356 e. The van der Waals surface area contributed by atoms with Crippen LogP contribution in [-0.4, -0.2) is 39.8 Å². The summed E-state index contributed by atoms with van der Waals surface area (Å²) in [5.41, 5.74) is 0.129. The van der Waals surface area contributed by atoms with Gasteiger partial charge in [0.2, 0.25) is 5.91 Å². The highest BCUT2D eigenvalue weighted by molar-refractivity contribution is 6.01. The third-order valence-electron chi connectivity index (χ3n) is 2.76. The van der Waals surface area contributed by atoms with Crippen LogP contribution in [0, 0.1) is 11.3 Å². The Morgan fingerprint density at radius 2 is 2.17 bits per heavy atom. The van der Waals surface area contributed by atoms with E-state index < -0.39 is 6.04 Å². The number of anilines is 1. The minimum absolute atomic E-state index is 0.129. The number of nitrogens with zero attached hydrogens (tertiary/aromatic N) is 4. The third-order valence-corrected chi connectivity index (χ3v) is 2.76. The standard InChI is InChI=1S/C11H11N5O2/c1-16-9(17)3-2-7(11(16)18)15-10-8(6-12)13-4-5-14-10/h4-5,7H,2-3H2,1H3,(H,14,15). The number of aromatic nitrogens is 2. The van der Waals surface area contributed by atoms with E-state index in [1.54, 1.807) is 0 Å². The van der Waals surface area contributed by atoms with Crippen molar-refractivity contribution in [3.63, 3.8) is 0 Å². The summed E-state index contributed by atoms with van der Waals surface area (Å²) in [5, 5.41) is 11.7. The normalized spacial score (nSPS) is 19.6. The van der Waals surface area contributed by atoms with Crippen LogP contribution < -0.4 is 5.32 Å². The lowest BCUT2D eigenvalue weighted by atomic mass is 10.0. The van der Waals surface area contributed by atoms with E-state index in [1.807, 2.05) is 6.07 Å². The number of piperidine rings is 1. The Morgan fingerprint density at radius 3 is 2.89 bits per heavy atom. The van der Waals surface area contributed by atoms with Crippen LogP contribution in [0.4, 0.5) is 5.82 Å². The molecule has 1 aliphatic heterocycles. The van der Waals surface area contributed by atoms with E-state index in [4.69, 9.17) is 5.26 Å². The predicted molar refractivity (Wildman–Crippen MR) is 61.2 cm³/mol. The molecule has 7 nitrogen and oxygen atoms in total. The van der Waals surface area contributed by atoms with Crippen molar-refractivity contribution < 1.29 is 9.59 Å². The van der Waals surface area contributed by atoms with Gasteiger partial charge in [-0.15, -0.1) is 0 Å². The van der Waals surface area contributed by atoms with Crippen LogP contribution in [0.25, 0.3) is 0 Å². The van der Waals surface area contributed by atoms with E-state index in [-0.39, 0.29) is 23.3 Å². The Bertz CT molecular complexity index is 536. The molecule has 2 rings (SSSR count). The molecule has 92 valence electrons. The van der Waals surface area contributed by atoms with Crippen molar-refractivity contribution in [2.24, 2.45) is 0 Å². The average Bonchev–Trinajstić information content (AvgIpc) is 2.40. The van der Waals surface area contributed by atoms with Crippen LogP contribution in [0.1, 0.15) is 18.5 Å². The van der Waals surface area contributed by atoms with Crippen molar-refractivity contribution in [3.05, 3.63) is 18.1 Å². The number of nitrogens with one attached hydrogen (secondary N) is 1. The summed E-state index contributed by atoms with van der Waals surface area (Å²) < 4.78 is 0. The van der Waals surface area contributed by atoms with Gasteiger partial charge in [0.25, 0.3) is 5.91 Å². The van der Waals surface area contributed by atoms with Gasteiger partial charge in [0.1, 0.15) is 12.1 Å².